The third-order valence-electron chi connectivity index (χ3n) is 6.77. The van der Waals surface area contributed by atoms with Gasteiger partial charge in [0, 0.05) is 54.9 Å². The van der Waals surface area contributed by atoms with Gasteiger partial charge in [0.05, 0.1) is 16.2 Å². The summed E-state index contributed by atoms with van der Waals surface area (Å²) in [6.07, 6.45) is 7.24. The van der Waals surface area contributed by atoms with Crippen LogP contribution in [-0.2, 0) is 14.3 Å². The molecule has 3 N–H and O–H groups in total. The van der Waals surface area contributed by atoms with E-state index < -0.39 is 5.60 Å². The molecule has 1 aliphatic heterocycles. The van der Waals surface area contributed by atoms with Crippen molar-refractivity contribution in [3.05, 3.63) is 53.2 Å². The maximum absolute atomic E-state index is 11.9. The Morgan fingerprint density at radius 2 is 1.95 bits per heavy atom. The molecular weight excluding hydrogens is 518 g/mol. The van der Waals surface area contributed by atoms with Crippen molar-refractivity contribution >= 4 is 51.4 Å². The first kappa shape index (κ1) is 28.4. The molecule has 0 bridgehead atoms. The Morgan fingerprint density at radius 3 is 2.66 bits per heavy atom. The summed E-state index contributed by atoms with van der Waals surface area (Å²) in [5, 5.41) is 5.34. The molecule has 4 rings (SSSR count). The number of rotatable bonds is 10. The van der Waals surface area contributed by atoms with E-state index in [1.54, 1.807) is 0 Å². The van der Waals surface area contributed by atoms with Crippen LogP contribution in [0.5, 0.6) is 0 Å². The number of aromatic nitrogens is 1. The van der Waals surface area contributed by atoms with E-state index in [1.165, 1.54) is 0 Å². The third-order valence-corrected chi connectivity index (χ3v) is 7.39. The average Bonchev–Trinajstić information content (AvgIpc) is 3.27. The van der Waals surface area contributed by atoms with Gasteiger partial charge in [0.15, 0.2) is 0 Å². The van der Waals surface area contributed by atoms with Gasteiger partial charge in [0.2, 0.25) is 0 Å². The molecule has 8 heteroatoms. The quantitative estimate of drug-likeness (QED) is 0.156. The number of nitrogens with zero attached hydrogens (tertiary/aromatic N) is 1. The molecule has 6 nitrogen and oxygen atoms in total. The molecule has 204 valence electrons. The molecular formula is C30H38ClN3O3S. The molecule has 0 amide bonds. The van der Waals surface area contributed by atoms with Gasteiger partial charge in [-0.2, -0.15) is 0 Å². The van der Waals surface area contributed by atoms with Gasteiger partial charge in [-0.05, 0) is 64.2 Å². The van der Waals surface area contributed by atoms with Crippen LogP contribution in [-0.4, -0.2) is 40.9 Å². The largest absolute Gasteiger partial charge is 0.460 e. The van der Waals surface area contributed by atoms with Gasteiger partial charge < -0.3 is 25.1 Å². The van der Waals surface area contributed by atoms with Crippen LogP contribution in [0.4, 0.5) is 5.69 Å². The summed E-state index contributed by atoms with van der Waals surface area (Å²) in [4.78, 5) is 12.3. The first-order valence-corrected chi connectivity index (χ1v) is 14.2. The number of benzene rings is 2. The van der Waals surface area contributed by atoms with Gasteiger partial charge in [0.25, 0.3) is 0 Å². The number of carbonyl (C=O) groups is 1. The highest BCUT2D eigenvalue weighted by atomic mass is 35.5. The Bertz CT molecular complexity index is 1290. The SMILES string of the molecule is CC(C)(C)OC(=O)CCCCCNc1ccc2c(-c3cccc(C(N)=S)c3)cn(C3CCOCC3)c2c1Cl. The van der Waals surface area contributed by atoms with E-state index in [9.17, 15) is 4.79 Å². The topological polar surface area (TPSA) is 78.5 Å². The second kappa shape index (κ2) is 12.5. The predicted molar refractivity (Wildman–Crippen MR) is 160 cm³/mol. The molecule has 0 atom stereocenters. The first-order valence-electron chi connectivity index (χ1n) is 13.4. The van der Waals surface area contributed by atoms with Crippen LogP contribution in [0.1, 0.15) is 70.9 Å². The second-order valence-corrected chi connectivity index (χ2v) is 11.7. The molecule has 1 fully saturated rings. The number of nitrogens with one attached hydrogen (secondary N) is 1. The van der Waals surface area contributed by atoms with Crippen molar-refractivity contribution in [3.63, 3.8) is 0 Å². The van der Waals surface area contributed by atoms with Crippen molar-refractivity contribution in [2.24, 2.45) is 5.73 Å². The minimum Gasteiger partial charge on any atom is -0.460 e. The van der Waals surface area contributed by atoms with Crippen molar-refractivity contribution in [1.29, 1.82) is 0 Å². The van der Waals surface area contributed by atoms with Gasteiger partial charge in [-0.1, -0.05) is 54.5 Å². The molecule has 2 aromatic carbocycles. The monoisotopic (exact) mass is 555 g/mol. The standard InChI is InChI=1S/C30H38ClN3O3S/c1-30(2,3)37-26(35)10-5-4-6-15-33-25-12-11-23-24(20-8-7-9-21(18-20)29(32)38)19-34(28(23)27(25)31)22-13-16-36-17-14-22/h7-9,11-12,18-19,22,33H,4-6,10,13-17H2,1-3H3,(H2,32,38). The van der Waals surface area contributed by atoms with E-state index >= 15 is 0 Å². The molecule has 3 aromatic rings. The van der Waals surface area contributed by atoms with Crippen LogP contribution in [0, 0.1) is 0 Å². The van der Waals surface area contributed by atoms with Crippen molar-refractivity contribution in [3.8, 4) is 11.1 Å². The normalized spacial score (nSPS) is 14.5. The number of esters is 1. The lowest BCUT2D eigenvalue weighted by Crippen LogP contribution is -2.23. The fourth-order valence-electron chi connectivity index (χ4n) is 4.95. The molecule has 0 spiro atoms. The Kier molecular flexibility index (Phi) is 9.34. The van der Waals surface area contributed by atoms with Gasteiger partial charge in [-0.3, -0.25) is 4.79 Å². The maximum atomic E-state index is 11.9. The number of anilines is 1. The molecule has 2 heterocycles. The fourth-order valence-corrected chi connectivity index (χ4v) is 5.41. The Balaban J connectivity index is 1.52. The third kappa shape index (κ3) is 7.07. The smallest absolute Gasteiger partial charge is 0.306 e. The number of thiocarbonyl (C=S) groups is 1. The lowest BCUT2D eigenvalue weighted by Gasteiger charge is -2.25. The number of unbranched alkanes of at least 4 members (excludes halogenated alkanes) is 2. The van der Waals surface area contributed by atoms with E-state index in [4.69, 9.17) is 39.0 Å². The molecule has 0 radical (unpaired) electrons. The van der Waals surface area contributed by atoms with Gasteiger partial charge in [-0.25, -0.2) is 0 Å². The predicted octanol–water partition coefficient (Wildman–Crippen LogP) is 7.26. The summed E-state index contributed by atoms with van der Waals surface area (Å²) >= 11 is 12.3. The summed E-state index contributed by atoms with van der Waals surface area (Å²) < 4.78 is 13.3. The summed E-state index contributed by atoms with van der Waals surface area (Å²) in [5.74, 6) is -0.137. The van der Waals surface area contributed by atoms with E-state index in [2.05, 4.69) is 34.3 Å². The van der Waals surface area contributed by atoms with Crippen LogP contribution in [0.2, 0.25) is 5.02 Å². The number of nitrogens with two attached hydrogens (primary N) is 1. The van der Waals surface area contributed by atoms with E-state index in [0.29, 0.717) is 17.5 Å². The van der Waals surface area contributed by atoms with Crippen molar-refractivity contribution < 1.29 is 14.3 Å². The summed E-state index contributed by atoms with van der Waals surface area (Å²) in [6.45, 7) is 7.95. The van der Waals surface area contributed by atoms with Crippen LogP contribution in [0.15, 0.2) is 42.6 Å². The van der Waals surface area contributed by atoms with Gasteiger partial charge in [0.1, 0.15) is 10.6 Å². The minimum absolute atomic E-state index is 0.137. The van der Waals surface area contributed by atoms with Crippen molar-refractivity contribution in [2.75, 3.05) is 25.1 Å². The average molecular weight is 556 g/mol. The Morgan fingerprint density at radius 1 is 1.18 bits per heavy atom. The van der Waals surface area contributed by atoms with Crippen LogP contribution < -0.4 is 11.1 Å². The highest BCUT2D eigenvalue weighted by molar-refractivity contribution is 7.80. The lowest BCUT2D eigenvalue weighted by atomic mass is 10.0. The van der Waals surface area contributed by atoms with Crippen molar-refractivity contribution in [2.45, 2.75) is 70.9 Å². The summed E-state index contributed by atoms with van der Waals surface area (Å²) in [5.41, 5.74) is 10.5. The Hall–Kier alpha value is -2.61. The first-order chi connectivity index (χ1) is 18.1. The van der Waals surface area contributed by atoms with Crippen LogP contribution in [0.3, 0.4) is 0 Å². The number of ether oxygens (including phenoxy) is 2. The number of hydrogen-bond donors (Lipinski definition) is 2. The molecule has 0 aliphatic carbocycles. The fraction of sp³-hybridized carbons (Fsp3) is 0.467. The number of carbonyl (C=O) groups excluding carboxylic acids is 1. The maximum Gasteiger partial charge on any atom is 0.306 e. The lowest BCUT2D eigenvalue weighted by molar-refractivity contribution is -0.154. The van der Waals surface area contributed by atoms with Crippen LogP contribution in [0.25, 0.3) is 22.0 Å². The number of fused-ring (bicyclic) bond motifs is 1. The highest BCUT2D eigenvalue weighted by Crippen LogP contribution is 2.41. The molecule has 1 saturated heterocycles. The summed E-state index contributed by atoms with van der Waals surface area (Å²) in [6, 6.07) is 12.6. The Labute approximate surface area is 235 Å². The zero-order chi connectivity index (χ0) is 27.3. The molecule has 0 saturated carbocycles. The molecule has 38 heavy (non-hydrogen) atoms. The van der Waals surface area contributed by atoms with Gasteiger partial charge in [-0.15, -0.1) is 0 Å². The van der Waals surface area contributed by atoms with E-state index in [0.717, 1.165) is 90.2 Å². The van der Waals surface area contributed by atoms with E-state index in [1.807, 2.05) is 39.0 Å². The van der Waals surface area contributed by atoms with E-state index in [-0.39, 0.29) is 5.97 Å². The zero-order valence-electron chi connectivity index (χ0n) is 22.5. The van der Waals surface area contributed by atoms with Crippen molar-refractivity contribution in [1.82, 2.24) is 4.57 Å². The highest BCUT2D eigenvalue weighted by Gasteiger charge is 2.23. The van der Waals surface area contributed by atoms with Crippen LogP contribution >= 0.6 is 23.8 Å². The molecule has 1 aliphatic rings. The summed E-state index contributed by atoms with van der Waals surface area (Å²) in [7, 11) is 0. The molecule has 0 unspecified atom stereocenters. The zero-order valence-corrected chi connectivity index (χ0v) is 24.1. The minimum atomic E-state index is -0.434. The number of halogens is 1. The number of hydrogen-bond acceptors (Lipinski definition) is 5. The van der Waals surface area contributed by atoms with Gasteiger partial charge >= 0.3 is 5.97 Å². The second-order valence-electron chi connectivity index (χ2n) is 10.9. The molecule has 1 aromatic heterocycles.